The van der Waals surface area contributed by atoms with Crippen LogP contribution in [0.2, 0.25) is 0 Å². The van der Waals surface area contributed by atoms with E-state index in [1.165, 1.54) is 0 Å². The van der Waals surface area contributed by atoms with E-state index in [9.17, 15) is 9.59 Å². The van der Waals surface area contributed by atoms with Gasteiger partial charge in [0.1, 0.15) is 0 Å². The minimum atomic E-state index is 0.195. The summed E-state index contributed by atoms with van der Waals surface area (Å²) in [6.45, 7) is 9.16. The first-order valence-electron chi connectivity index (χ1n) is 9.40. The number of methoxy groups -OCH3 is 1. The first-order valence-corrected chi connectivity index (χ1v) is 9.40. The van der Waals surface area contributed by atoms with Crippen molar-refractivity contribution in [3.05, 3.63) is 0 Å². The maximum atomic E-state index is 12.4. The molecule has 6 nitrogen and oxygen atoms in total. The van der Waals surface area contributed by atoms with E-state index >= 15 is 0 Å². The molecule has 0 unspecified atom stereocenters. The number of hydrogen-bond donors (Lipinski definition) is 0. The monoisotopic (exact) mass is 339 g/mol. The van der Waals surface area contributed by atoms with E-state index in [1.54, 1.807) is 7.11 Å². The molecule has 0 aromatic carbocycles. The predicted molar refractivity (Wildman–Crippen MR) is 93.7 cm³/mol. The fourth-order valence-electron chi connectivity index (χ4n) is 3.62. The lowest BCUT2D eigenvalue weighted by atomic mass is 9.91. The zero-order valence-corrected chi connectivity index (χ0v) is 15.3. The van der Waals surface area contributed by atoms with Crippen molar-refractivity contribution in [3.8, 4) is 0 Å². The van der Waals surface area contributed by atoms with Crippen LogP contribution in [0.1, 0.15) is 39.0 Å². The van der Waals surface area contributed by atoms with Crippen LogP contribution in [0.25, 0.3) is 0 Å². The van der Waals surface area contributed by atoms with Crippen LogP contribution in [0.5, 0.6) is 0 Å². The fourth-order valence-corrected chi connectivity index (χ4v) is 3.62. The molecule has 0 radical (unpaired) electrons. The van der Waals surface area contributed by atoms with Crippen molar-refractivity contribution in [1.29, 1.82) is 0 Å². The number of amides is 2. The number of likely N-dealkylation sites (N-methyl/N-ethyl adjacent to an activating group) is 1. The molecular weight excluding hydrogens is 306 g/mol. The largest absolute Gasteiger partial charge is 0.384 e. The Balaban J connectivity index is 1.62. The molecule has 2 aliphatic rings. The van der Waals surface area contributed by atoms with Crippen LogP contribution in [-0.2, 0) is 14.3 Å². The maximum absolute atomic E-state index is 12.4. The van der Waals surface area contributed by atoms with Crippen molar-refractivity contribution >= 4 is 11.8 Å². The number of carbonyl (C=O) groups excluding carboxylic acids is 2. The summed E-state index contributed by atoms with van der Waals surface area (Å²) < 4.78 is 4.97. The Morgan fingerprint density at radius 2 is 1.50 bits per heavy atom. The molecule has 138 valence electrons. The number of nitrogens with zero attached hydrogens (tertiary/aromatic N) is 3. The van der Waals surface area contributed by atoms with Crippen LogP contribution in [0.15, 0.2) is 0 Å². The highest BCUT2D eigenvalue weighted by atomic mass is 16.5. The fraction of sp³-hybridized carbons (Fsp3) is 0.889. The number of hydrogen-bond acceptors (Lipinski definition) is 4. The Hall–Kier alpha value is -1.14. The van der Waals surface area contributed by atoms with Crippen LogP contribution in [0.3, 0.4) is 0 Å². The average molecular weight is 339 g/mol. The van der Waals surface area contributed by atoms with Gasteiger partial charge >= 0.3 is 0 Å². The summed E-state index contributed by atoms with van der Waals surface area (Å²) in [5.41, 5.74) is 0. The molecule has 24 heavy (non-hydrogen) atoms. The summed E-state index contributed by atoms with van der Waals surface area (Å²) in [5.74, 6) is 1.09. The van der Waals surface area contributed by atoms with Crippen LogP contribution in [-0.4, -0.2) is 86.0 Å². The zero-order chi connectivity index (χ0) is 17.4. The van der Waals surface area contributed by atoms with E-state index in [0.29, 0.717) is 31.3 Å². The van der Waals surface area contributed by atoms with Gasteiger partial charge in [0.2, 0.25) is 11.8 Å². The summed E-state index contributed by atoms with van der Waals surface area (Å²) in [4.78, 5) is 30.7. The van der Waals surface area contributed by atoms with Crippen LogP contribution < -0.4 is 0 Å². The van der Waals surface area contributed by atoms with Gasteiger partial charge in [-0.25, -0.2) is 0 Å². The minimum absolute atomic E-state index is 0.195. The highest BCUT2D eigenvalue weighted by molar-refractivity contribution is 5.77. The van der Waals surface area contributed by atoms with E-state index in [1.807, 2.05) is 9.80 Å². The van der Waals surface area contributed by atoms with Crippen LogP contribution in [0, 0.1) is 5.92 Å². The van der Waals surface area contributed by atoms with Gasteiger partial charge < -0.3 is 19.4 Å². The summed E-state index contributed by atoms with van der Waals surface area (Å²) in [6.07, 6.45) is 4.15. The third-order valence-corrected chi connectivity index (χ3v) is 5.43. The van der Waals surface area contributed by atoms with Gasteiger partial charge in [0.05, 0.1) is 13.0 Å². The van der Waals surface area contributed by atoms with E-state index in [0.717, 1.165) is 65.1 Å². The lowest BCUT2D eigenvalue weighted by Gasteiger charge is -2.35. The molecule has 2 rings (SSSR count). The molecule has 2 amide bonds. The van der Waals surface area contributed by atoms with Crippen LogP contribution in [0.4, 0.5) is 0 Å². The molecule has 0 N–H and O–H groups in total. The van der Waals surface area contributed by atoms with Gasteiger partial charge in [-0.1, -0.05) is 6.92 Å². The van der Waals surface area contributed by atoms with Crippen LogP contribution >= 0.6 is 0 Å². The normalized spacial score (nSPS) is 20.4. The van der Waals surface area contributed by atoms with Crippen molar-refractivity contribution < 1.29 is 14.3 Å². The van der Waals surface area contributed by atoms with Gasteiger partial charge in [0.25, 0.3) is 0 Å². The number of carbonyl (C=O) groups is 2. The van der Waals surface area contributed by atoms with Gasteiger partial charge in [0, 0.05) is 52.8 Å². The Bertz CT molecular complexity index is 400. The van der Waals surface area contributed by atoms with E-state index in [2.05, 4.69) is 11.8 Å². The lowest BCUT2D eigenvalue weighted by molar-refractivity contribution is -0.135. The third kappa shape index (κ3) is 5.74. The molecule has 0 bridgehead atoms. The second-order valence-electron chi connectivity index (χ2n) is 6.92. The molecule has 6 heteroatoms. The van der Waals surface area contributed by atoms with E-state index < -0.39 is 0 Å². The third-order valence-electron chi connectivity index (χ3n) is 5.43. The predicted octanol–water partition coefficient (Wildman–Crippen LogP) is 1.21. The van der Waals surface area contributed by atoms with Gasteiger partial charge in [-0.05, 0) is 31.7 Å². The Morgan fingerprint density at radius 1 is 0.917 bits per heavy atom. The molecule has 0 aromatic heterocycles. The lowest BCUT2D eigenvalue weighted by Crippen LogP contribution is -2.48. The van der Waals surface area contributed by atoms with Crippen molar-refractivity contribution in [1.82, 2.24) is 14.7 Å². The number of ether oxygens (including phenoxy) is 1. The highest BCUT2D eigenvalue weighted by Crippen LogP contribution is 2.23. The van der Waals surface area contributed by atoms with Gasteiger partial charge in [-0.15, -0.1) is 0 Å². The van der Waals surface area contributed by atoms with E-state index in [-0.39, 0.29) is 5.91 Å². The maximum Gasteiger partial charge on any atom is 0.224 e. The quantitative estimate of drug-likeness (QED) is 0.699. The molecular formula is C18H33N3O3. The molecule has 0 saturated carbocycles. The number of piperidine rings is 1. The minimum Gasteiger partial charge on any atom is -0.384 e. The Labute approximate surface area is 146 Å². The topological polar surface area (TPSA) is 53.1 Å². The summed E-state index contributed by atoms with van der Waals surface area (Å²) >= 11 is 0. The number of likely N-dealkylation sites (tertiary alicyclic amines) is 1. The molecule has 2 saturated heterocycles. The van der Waals surface area contributed by atoms with Gasteiger partial charge in [-0.2, -0.15) is 0 Å². The summed E-state index contributed by atoms with van der Waals surface area (Å²) in [6, 6.07) is 0. The zero-order valence-electron chi connectivity index (χ0n) is 15.3. The molecule has 2 fully saturated rings. The standard InChI is InChI=1S/C18H33N3O3/c1-3-19-11-13-21(14-12-19)17(22)5-4-16-6-9-20(10-7-16)18(23)8-15-24-2/h16H,3-15H2,1-2H3. The molecule has 2 heterocycles. The van der Waals surface area contributed by atoms with Crippen molar-refractivity contribution in [2.45, 2.75) is 39.0 Å². The van der Waals surface area contributed by atoms with Gasteiger partial charge in [-0.3, -0.25) is 9.59 Å². The first kappa shape index (κ1) is 19.2. The Kier molecular flexibility index (Phi) is 7.99. The highest BCUT2D eigenvalue weighted by Gasteiger charge is 2.25. The number of piperazine rings is 1. The Morgan fingerprint density at radius 3 is 2.08 bits per heavy atom. The SMILES string of the molecule is CCN1CCN(C(=O)CCC2CCN(C(=O)CCOC)CC2)CC1. The summed E-state index contributed by atoms with van der Waals surface area (Å²) in [7, 11) is 1.62. The van der Waals surface area contributed by atoms with Crippen molar-refractivity contribution in [2.75, 3.05) is 59.5 Å². The molecule has 0 atom stereocenters. The molecule has 2 aliphatic heterocycles. The molecule has 0 aromatic rings. The second kappa shape index (κ2) is 9.99. The van der Waals surface area contributed by atoms with Gasteiger partial charge in [0.15, 0.2) is 0 Å². The van der Waals surface area contributed by atoms with E-state index in [4.69, 9.17) is 4.74 Å². The van der Waals surface area contributed by atoms with Crippen molar-refractivity contribution in [3.63, 3.8) is 0 Å². The summed E-state index contributed by atoms with van der Waals surface area (Å²) in [5, 5.41) is 0. The average Bonchev–Trinajstić information content (AvgIpc) is 2.64. The second-order valence-corrected chi connectivity index (χ2v) is 6.92. The van der Waals surface area contributed by atoms with Crippen molar-refractivity contribution in [2.24, 2.45) is 5.92 Å². The molecule has 0 aliphatic carbocycles. The smallest absolute Gasteiger partial charge is 0.224 e. The first-order chi connectivity index (χ1) is 11.6. The number of rotatable bonds is 7. The molecule has 0 spiro atoms.